The first kappa shape index (κ1) is 15.1. The second-order valence-corrected chi connectivity index (χ2v) is 5.52. The van der Waals surface area contributed by atoms with Crippen molar-refractivity contribution in [3.05, 3.63) is 41.7 Å². The standard InChI is InChI=1S/C16H22N4O2/c1-21-11-14(12-22-2)19-9-8-16-15(10-19)17-18-20(16)13-6-4-3-5-7-13/h3-7,14H,8-12H2,1-2H3. The lowest BCUT2D eigenvalue weighted by Crippen LogP contribution is -2.44. The molecule has 0 unspecified atom stereocenters. The third-order valence-corrected chi connectivity index (χ3v) is 4.07. The van der Waals surface area contributed by atoms with Gasteiger partial charge in [-0.05, 0) is 12.1 Å². The van der Waals surface area contributed by atoms with Crippen molar-refractivity contribution in [2.75, 3.05) is 34.0 Å². The molecule has 22 heavy (non-hydrogen) atoms. The van der Waals surface area contributed by atoms with E-state index in [1.54, 1.807) is 14.2 Å². The Hall–Kier alpha value is -1.76. The van der Waals surface area contributed by atoms with Crippen LogP contribution in [0.3, 0.4) is 0 Å². The summed E-state index contributed by atoms with van der Waals surface area (Å²) >= 11 is 0. The van der Waals surface area contributed by atoms with E-state index in [0.29, 0.717) is 13.2 Å². The summed E-state index contributed by atoms with van der Waals surface area (Å²) in [7, 11) is 3.45. The van der Waals surface area contributed by atoms with Crippen molar-refractivity contribution in [1.82, 2.24) is 19.9 Å². The van der Waals surface area contributed by atoms with Gasteiger partial charge >= 0.3 is 0 Å². The van der Waals surface area contributed by atoms with Gasteiger partial charge in [-0.3, -0.25) is 4.90 Å². The highest BCUT2D eigenvalue weighted by atomic mass is 16.5. The van der Waals surface area contributed by atoms with Crippen molar-refractivity contribution < 1.29 is 9.47 Å². The number of hydrogen-bond acceptors (Lipinski definition) is 5. The van der Waals surface area contributed by atoms with E-state index in [-0.39, 0.29) is 6.04 Å². The average Bonchev–Trinajstić information content (AvgIpc) is 2.98. The van der Waals surface area contributed by atoms with Gasteiger partial charge in [0.15, 0.2) is 0 Å². The van der Waals surface area contributed by atoms with Crippen molar-refractivity contribution in [2.24, 2.45) is 0 Å². The molecule has 1 aliphatic rings. The molecule has 0 saturated heterocycles. The van der Waals surface area contributed by atoms with Gasteiger partial charge in [0.2, 0.25) is 0 Å². The molecule has 0 saturated carbocycles. The van der Waals surface area contributed by atoms with Gasteiger partial charge in [-0.1, -0.05) is 23.4 Å². The number of rotatable bonds is 6. The number of aromatic nitrogens is 3. The Morgan fingerprint density at radius 1 is 1.14 bits per heavy atom. The summed E-state index contributed by atoms with van der Waals surface area (Å²) in [6.45, 7) is 3.08. The van der Waals surface area contributed by atoms with Crippen LogP contribution in [0.4, 0.5) is 0 Å². The van der Waals surface area contributed by atoms with Crippen LogP contribution < -0.4 is 0 Å². The topological polar surface area (TPSA) is 52.4 Å². The second kappa shape index (κ2) is 7.00. The first-order chi connectivity index (χ1) is 10.8. The largest absolute Gasteiger partial charge is 0.383 e. The van der Waals surface area contributed by atoms with E-state index < -0.39 is 0 Å². The van der Waals surface area contributed by atoms with E-state index in [2.05, 4.69) is 27.3 Å². The number of para-hydroxylation sites is 1. The quantitative estimate of drug-likeness (QED) is 0.805. The van der Waals surface area contributed by atoms with Gasteiger partial charge in [-0.15, -0.1) is 5.10 Å². The highest BCUT2D eigenvalue weighted by Gasteiger charge is 2.27. The van der Waals surface area contributed by atoms with Crippen molar-refractivity contribution in [3.8, 4) is 5.69 Å². The maximum absolute atomic E-state index is 5.31. The average molecular weight is 302 g/mol. The summed E-state index contributed by atoms with van der Waals surface area (Å²) in [5.74, 6) is 0. The van der Waals surface area contributed by atoms with Crippen molar-refractivity contribution >= 4 is 0 Å². The molecule has 0 bridgehead atoms. The second-order valence-electron chi connectivity index (χ2n) is 5.52. The van der Waals surface area contributed by atoms with Crippen LogP contribution in [0, 0.1) is 0 Å². The molecule has 2 aromatic rings. The molecule has 6 nitrogen and oxygen atoms in total. The fourth-order valence-electron chi connectivity index (χ4n) is 2.96. The zero-order chi connectivity index (χ0) is 15.4. The normalized spacial score (nSPS) is 15.2. The molecule has 0 radical (unpaired) electrons. The van der Waals surface area contributed by atoms with Crippen LogP contribution in [0.25, 0.3) is 5.69 Å². The number of fused-ring (bicyclic) bond motifs is 1. The molecule has 118 valence electrons. The van der Waals surface area contributed by atoms with Crippen molar-refractivity contribution in [2.45, 2.75) is 19.0 Å². The predicted molar refractivity (Wildman–Crippen MR) is 83.0 cm³/mol. The predicted octanol–water partition coefficient (Wildman–Crippen LogP) is 1.29. The molecule has 0 N–H and O–H groups in total. The summed E-state index contributed by atoms with van der Waals surface area (Å²) in [5.41, 5.74) is 3.32. The Balaban J connectivity index is 1.79. The molecular formula is C16H22N4O2. The maximum Gasteiger partial charge on any atom is 0.100 e. The van der Waals surface area contributed by atoms with E-state index in [4.69, 9.17) is 9.47 Å². The maximum atomic E-state index is 5.31. The van der Waals surface area contributed by atoms with Crippen molar-refractivity contribution in [3.63, 3.8) is 0 Å². The summed E-state index contributed by atoms with van der Waals surface area (Å²) in [6, 6.07) is 10.4. The molecule has 1 aliphatic heterocycles. The SMILES string of the molecule is COCC(COC)N1CCc2c(nnn2-c2ccccc2)C1. The first-order valence-corrected chi connectivity index (χ1v) is 7.54. The zero-order valence-corrected chi connectivity index (χ0v) is 13.1. The van der Waals surface area contributed by atoms with Gasteiger partial charge in [0, 0.05) is 33.7 Å². The Bertz CT molecular complexity index is 593. The minimum Gasteiger partial charge on any atom is -0.383 e. The summed E-state index contributed by atoms with van der Waals surface area (Å²) in [6.07, 6.45) is 0.932. The molecule has 3 rings (SSSR count). The number of benzene rings is 1. The zero-order valence-electron chi connectivity index (χ0n) is 13.1. The molecule has 1 aromatic heterocycles. The van der Waals surface area contributed by atoms with Gasteiger partial charge in [-0.2, -0.15) is 0 Å². The summed E-state index contributed by atoms with van der Waals surface area (Å²) < 4.78 is 12.6. The Kier molecular flexibility index (Phi) is 4.82. The number of ether oxygens (including phenoxy) is 2. The lowest BCUT2D eigenvalue weighted by molar-refractivity contribution is 0.0283. The highest BCUT2D eigenvalue weighted by molar-refractivity contribution is 5.33. The van der Waals surface area contributed by atoms with Crippen molar-refractivity contribution in [1.29, 1.82) is 0 Å². The van der Waals surface area contributed by atoms with Crippen LogP contribution >= 0.6 is 0 Å². The lowest BCUT2D eigenvalue weighted by atomic mass is 10.1. The summed E-state index contributed by atoms with van der Waals surface area (Å²) in [4.78, 5) is 2.36. The molecule has 0 aliphatic carbocycles. The molecule has 0 amide bonds. The van der Waals surface area contributed by atoms with E-state index in [1.807, 2.05) is 22.9 Å². The molecular weight excluding hydrogens is 280 g/mol. The minimum atomic E-state index is 0.255. The summed E-state index contributed by atoms with van der Waals surface area (Å²) in [5, 5.41) is 8.71. The van der Waals surface area contributed by atoms with Gasteiger partial charge in [-0.25, -0.2) is 4.68 Å². The molecule has 6 heteroatoms. The van der Waals surface area contributed by atoms with Gasteiger partial charge < -0.3 is 9.47 Å². The van der Waals surface area contributed by atoms with Crippen LogP contribution in [0.5, 0.6) is 0 Å². The first-order valence-electron chi connectivity index (χ1n) is 7.54. The molecule has 2 heterocycles. The monoisotopic (exact) mass is 302 g/mol. The molecule has 1 aromatic carbocycles. The fraction of sp³-hybridized carbons (Fsp3) is 0.500. The van der Waals surface area contributed by atoms with Crippen LogP contribution in [-0.4, -0.2) is 59.9 Å². The lowest BCUT2D eigenvalue weighted by Gasteiger charge is -2.33. The molecule has 0 atom stereocenters. The van der Waals surface area contributed by atoms with Gasteiger partial charge in [0.05, 0.1) is 30.6 Å². The highest BCUT2D eigenvalue weighted by Crippen LogP contribution is 2.21. The van der Waals surface area contributed by atoms with Gasteiger partial charge in [0.1, 0.15) is 5.69 Å². The van der Waals surface area contributed by atoms with E-state index in [9.17, 15) is 0 Å². The Labute approximate surface area is 130 Å². The van der Waals surface area contributed by atoms with Crippen LogP contribution in [0.1, 0.15) is 11.4 Å². The third-order valence-electron chi connectivity index (χ3n) is 4.07. The Morgan fingerprint density at radius 2 is 1.86 bits per heavy atom. The molecule has 0 spiro atoms. The number of hydrogen-bond donors (Lipinski definition) is 0. The Morgan fingerprint density at radius 3 is 2.55 bits per heavy atom. The van der Waals surface area contributed by atoms with E-state index in [1.165, 1.54) is 5.69 Å². The van der Waals surface area contributed by atoms with E-state index in [0.717, 1.165) is 30.9 Å². The smallest absolute Gasteiger partial charge is 0.100 e. The fourth-order valence-corrected chi connectivity index (χ4v) is 2.96. The van der Waals surface area contributed by atoms with E-state index >= 15 is 0 Å². The number of nitrogens with zero attached hydrogens (tertiary/aromatic N) is 4. The van der Waals surface area contributed by atoms with Gasteiger partial charge in [0.25, 0.3) is 0 Å². The minimum absolute atomic E-state index is 0.255. The van der Waals surface area contributed by atoms with Crippen LogP contribution in [0.2, 0.25) is 0 Å². The van der Waals surface area contributed by atoms with Crippen LogP contribution in [0.15, 0.2) is 30.3 Å². The number of methoxy groups -OCH3 is 2. The van der Waals surface area contributed by atoms with Crippen LogP contribution in [-0.2, 0) is 22.4 Å². The third kappa shape index (κ3) is 3.04. The molecule has 0 fully saturated rings.